The van der Waals surface area contributed by atoms with Crippen LogP contribution in [0, 0.1) is 0 Å². The number of imidazole rings is 1. The molecule has 0 bridgehead atoms. The van der Waals surface area contributed by atoms with Gasteiger partial charge < -0.3 is 19.9 Å². The second-order valence-electron chi connectivity index (χ2n) is 5.04. The van der Waals surface area contributed by atoms with Crippen LogP contribution in [0.1, 0.15) is 19.7 Å². The van der Waals surface area contributed by atoms with Crippen molar-refractivity contribution in [1.82, 2.24) is 14.5 Å². The maximum absolute atomic E-state index is 5.88. The third-order valence-electron chi connectivity index (χ3n) is 2.91. The van der Waals surface area contributed by atoms with Crippen molar-refractivity contribution >= 4 is 11.5 Å². The fourth-order valence-corrected chi connectivity index (χ4v) is 1.81. The van der Waals surface area contributed by atoms with E-state index in [-0.39, 0.29) is 6.10 Å². The summed E-state index contributed by atoms with van der Waals surface area (Å²) in [4.78, 5) is 10.8. The van der Waals surface area contributed by atoms with E-state index in [1.807, 2.05) is 55.7 Å². The van der Waals surface area contributed by atoms with Crippen molar-refractivity contribution in [3.05, 3.63) is 30.4 Å². The molecule has 2 rings (SSSR count). The van der Waals surface area contributed by atoms with Gasteiger partial charge in [0.25, 0.3) is 0 Å². The van der Waals surface area contributed by atoms with E-state index < -0.39 is 0 Å². The Balaban J connectivity index is 2.17. The normalized spacial score (nSPS) is 10.8. The Morgan fingerprint density at radius 2 is 2.15 bits per heavy atom. The predicted molar refractivity (Wildman–Crippen MR) is 79.7 cm³/mol. The second kappa shape index (κ2) is 5.81. The van der Waals surface area contributed by atoms with E-state index in [1.54, 1.807) is 6.20 Å². The molecule has 0 spiro atoms. The first-order chi connectivity index (χ1) is 9.47. The number of aryl methyl sites for hydroxylation is 1. The zero-order valence-corrected chi connectivity index (χ0v) is 12.4. The number of nitrogens with zero attached hydrogens (tertiary/aromatic N) is 4. The van der Waals surface area contributed by atoms with E-state index in [0.717, 1.165) is 11.6 Å². The minimum atomic E-state index is 0.0416. The Morgan fingerprint density at radius 3 is 2.75 bits per heavy atom. The number of rotatable bonds is 5. The van der Waals surface area contributed by atoms with Gasteiger partial charge in [0.2, 0.25) is 5.88 Å². The molecule has 0 fully saturated rings. The number of hydrogen-bond acceptors (Lipinski definition) is 5. The van der Waals surface area contributed by atoms with Crippen molar-refractivity contribution in [2.75, 3.05) is 17.7 Å². The summed E-state index contributed by atoms with van der Waals surface area (Å²) in [6, 6.07) is 3.69. The lowest BCUT2D eigenvalue weighted by Crippen LogP contribution is -2.20. The molecule has 108 valence electrons. The molecule has 2 heterocycles. The zero-order valence-electron chi connectivity index (χ0n) is 12.4. The van der Waals surface area contributed by atoms with Crippen LogP contribution in [0.5, 0.6) is 5.88 Å². The van der Waals surface area contributed by atoms with Gasteiger partial charge in [0, 0.05) is 26.5 Å². The lowest BCUT2D eigenvalue weighted by Gasteiger charge is -2.19. The Labute approximate surface area is 119 Å². The summed E-state index contributed by atoms with van der Waals surface area (Å²) in [6.45, 7) is 4.57. The van der Waals surface area contributed by atoms with E-state index in [0.29, 0.717) is 18.1 Å². The van der Waals surface area contributed by atoms with Crippen molar-refractivity contribution in [3.63, 3.8) is 0 Å². The van der Waals surface area contributed by atoms with Crippen molar-refractivity contribution in [3.8, 4) is 5.88 Å². The minimum Gasteiger partial charge on any atom is -0.473 e. The van der Waals surface area contributed by atoms with Crippen molar-refractivity contribution < 1.29 is 4.74 Å². The minimum absolute atomic E-state index is 0.0416. The highest BCUT2D eigenvalue weighted by molar-refractivity contribution is 5.54. The summed E-state index contributed by atoms with van der Waals surface area (Å²) in [7, 11) is 3.94. The quantitative estimate of drug-likeness (QED) is 0.901. The van der Waals surface area contributed by atoms with Gasteiger partial charge in [-0.05, 0) is 26.0 Å². The number of nitrogens with two attached hydrogens (primary N) is 1. The Kier molecular flexibility index (Phi) is 4.12. The summed E-state index contributed by atoms with van der Waals surface area (Å²) in [5, 5.41) is 0. The highest BCUT2D eigenvalue weighted by Gasteiger charge is 2.11. The Bertz CT molecular complexity index is 579. The third-order valence-corrected chi connectivity index (χ3v) is 2.91. The molecule has 0 unspecified atom stereocenters. The smallest absolute Gasteiger partial charge is 0.239 e. The fraction of sp³-hybridized carbons (Fsp3) is 0.429. The largest absolute Gasteiger partial charge is 0.473 e. The Hall–Kier alpha value is -2.24. The summed E-state index contributed by atoms with van der Waals surface area (Å²) in [5.74, 6) is 2.25. The monoisotopic (exact) mass is 275 g/mol. The van der Waals surface area contributed by atoms with E-state index in [4.69, 9.17) is 10.5 Å². The van der Waals surface area contributed by atoms with Crippen LogP contribution >= 0.6 is 0 Å². The number of ether oxygens (including phenoxy) is 1. The van der Waals surface area contributed by atoms with Gasteiger partial charge in [-0.2, -0.15) is 4.98 Å². The first kappa shape index (κ1) is 14.2. The van der Waals surface area contributed by atoms with E-state index in [9.17, 15) is 0 Å². The highest BCUT2D eigenvalue weighted by atomic mass is 16.5. The number of nitrogen functional groups attached to an aromatic ring is 1. The molecule has 2 aromatic rings. The average molecular weight is 275 g/mol. The van der Waals surface area contributed by atoms with Crippen molar-refractivity contribution in [1.29, 1.82) is 0 Å². The van der Waals surface area contributed by atoms with Crippen LogP contribution in [0.15, 0.2) is 24.5 Å². The van der Waals surface area contributed by atoms with Gasteiger partial charge in [-0.1, -0.05) is 0 Å². The Morgan fingerprint density at radius 1 is 1.40 bits per heavy atom. The molecule has 0 amide bonds. The molecule has 2 aromatic heterocycles. The standard InChI is InChI=1S/C14H21N5O/c1-10(2)20-14-11(15)5-6-12(17-14)19(4)9-13-16-7-8-18(13)3/h5-8,10H,9,15H2,1-4H3. The van der Waals surface area contributed by atoms with E-state index in [1.165, 1.54) is 0 Å². The highest BCUT2D eigenvalue weighted by Crippen LogP contribution is 2.24. The van der Waals surface area contributed by atoms with Crippen LogP contribution in [0.3, 0.4) is 0 Å². The molecule has 20 heavy (non-hydrogen) atoms. The maximum Gasteiger partial charge on any atom is 0.239 e. The number of aromatic nitrogens is 3. The molecule has 0 saturated heterocycles. The number of anilines is 2. The van der Waals surface area contributed by atoms with E-state index >= 15 is 0 Å². The summed E-state index contributed by atoms with van der Waals surface area (Å²) in [5.41, 5.74) is 6.42. The summed E-state index contributed by atoms with van der Waals surface area (Å²) < 4.78 is 7.60. The predicted octanol–water partition coefficient (Wildman–Crippen LogP) is 1.82. The first-order valence-corrected chi connectivity index (χ1v) is 6.58. The van der Waals surface area contributed by atoms with Gasteiger partial charge in [-0.25, -0.2) is 4.98 Å². The molecule has 2 N–H and O–H groups in total. The molecule has 6 nitrogen and oxygen atoms in total. The van der Waals surface area contributed by atoms with Gasteiger partial charge in [0.1, 0.15) is 11.6 Å². The third kappa shape index (κ3) is 3.20. The summed E-state index contributed by atoms with van der Waals surface area (Å²) >= 11 is 0. The van der Waals surface area contributed by atoms with Gasteiger partial charge in [-0.15, -0.1) is 0 Å². The topological polar surface area (TPSA) is 69.2 Å². The lowest BCUT2D eigenvalue weighted by atomic mass is 10.3. The lowest BCUT2D eigenvalue weighted by molar-refractivity contribution is 0.234. The van der Waals surface area contributed by atoms with Gasteiger partial charge >= 0.3 is 0 Å². The summed E-state index contributed by atoms with van der Waals surface area (Å²) in [6.07, 6.45) is 3.75. The number of pyridine rings is 1. The molecule has 0 aliphatic carbocycles. The second-order valence-corrected chi connectivity index (χ2v) is 5.04. The van der Waals surface area contributed by atoms with Crippen LogP contribution in [0.25, 0.3) is 0 Å². The van der Waals surface area contributed by atoms with Crippen molar-refractivity contribution in [2.24, 2.45) is 7.05 Å². The van der Waals surface area contributed by atoms with Gasteiger partial charge in [-0.3, -0.25) is 0 Å². The average Bonchev–Trinajstić information content (AvgIpc) is 2.77. The van der Waals surface area contributed by atoms with Crippen LogP contribution in [-0.4, -0.2) is 27.7 Å². The first-order valence-electron chi connectivity index (χ1n) is 6.58. The fourth-order valence-electron chi connectivity index (χ4n) is 1.81. The van der Waals surface area contributed by atoms with E-state index in [2.05, 4.69) is 9.97 Å². The molecule has 0 aliphatic heterocycles. The molecule has 6 heteroatoms. The van der Waals surface area contributed by atoms with Gasteiger partial charge in [0.15, 0.2) is 0 Å². The molecule has 0 saturated carbocycles. The molecule has 0 aromatic carbocycles. The molecular weight excluding hydrogens is 254 g/mol. The van der Waals surface area contributed by atoms with Crippen LogP contribution in [0.4, 0.5) is 11.5 Å². The van der Waals surface area contributed by atoms with Crippen LogP contribution in [0.2, 0.25) is 0 Å². The van der Waals surface area contributed by atoms with Crippen molar-refractivity contribution in [2.45, 2.75) is 26.5 Å². The van der Waals surface area contributed by atoms with Crippen LogP contribution < -0.4 is 15.4 Å². The number of hydrogen-bond donors (Lipinski definition) is 1. The molecular formula is C14H21N5O. The molecule has 0 atom stereocenters. The maximum atomic E-state index is 5.88. The van der Waals surface area contributed by atoms with Gasteiger partial charge in [0.05, 0.1) is 18.3 Å². The SMILES string of the molecule is CC(C)Oc1nc(N(C)Cc2nccn2C)ccc1N. The molecule has 0 radical (unpaired) electrons. The molecule has 0 aliphatic rings. The van der Waals surface area contributed by atoms with Crippen LogP contribution in [-0.2, 0) is 13.6 Å². The zero-order chi connectivity index (χ0) is 14.7.